The summed E-state index contributed by atoms with van der Waals surface area (Å²) in [6.07, 6.45) is 0.155. The minimum atomic E-state index is -0.993. The molecule has 0 amide bonds. The molecule has 124 valence electrons. The number of benzene rings is 2. The predicted octanol–water partition coefficient (Wildman–Crippen LogP) is 2.84. The molecule has 0 fully saturated rings. The van der Waals surface area contributed by atoms with Crippen LogP contribution in [0.2, 0.25) is 0 Å². The first-order valence-corrected chi connectivity index (χ1v) is 7.33. The van der Waals surface area contributed by atoms with Crippen LogP contribution in [0.1, 0.15) is 33.8 Å². The SMILES string of the molecule is COc1cc(OC)c2c(c1)OC(=O)CC2c1ccc(C(=O)O)cc1. The van der Waals surface area contributed by atoms with Crippen molar-refractivity contribution >= 4 is 11.9 Å². The number of hydrogen-bond acceptors (Lipinski definition) is 5. The lowest BCUT2D eigenvalue weighted by molar-refractivity contribution is -0.135. The van der Waals surface area contributed by atoms with Crippen LogP contribution in [0.25, 0.3) is 0 Å². The van der Waals surface area contributed by atoms with Gasteiger partial charge in [0.05, 0.1) is 26.2 Å². The Morgan fingerprint density at radius 2 is 1.88 bits per heavy atom. The van der Waals surface area contributed by atoms with Gasteiger partial charge in [-0.3, -0.25) is 4.79 Å². The number of esters is 1. The average molecular weight is 328 g/mol. The number of hydrogen-bond donors (Lipinski definition) is 1. The number of fused-ring (bicyclic) bond motifs is 1. The molecule has 0 bridgehead atoms. The van der Waals surface area contributed by atoms with Crippen molar-refractivity contribution in [3.63, 3.8) is 0 Å². The maximum Gasteiger partial charge on any atom is 0.335 e. The van der Waals surface area contributed by atoms with Crippen LogP contribution in [0.4, 0.5) is 0 Å². The van der Waals surface area contributed by atoms with E-state index in [9.17, 15) is 9.59 Å². The molecule has 2 aromatic carbocycles. The molecule has 0 radical (unpaired) electrons. The van der Waals surface area contributed by atoms with Crippen LogP contribution < -0.4 is 14.2 Å². The molecule has 0 spiro atoms. The highest BCUT2D eigenvalue weighted by Crippen LogP contribution is 2.46. The Hall–Kier alpha value is -3.02. The van der Waals surface area contributed by atoms with E-state index in [4.69, 9.17) is 19.3 Å². The standard InChI is InChI=1S/C18H16O6/c1-22-12-7-14(23-2)17-13(9-16(19)24-15(17)8-12)10-3-5-11(6-4-10)18(20)21/h3-8,13H,9H2,1-2H3,(H,20,21). The number of aromatic carboxylic acids is 1. The molecule has 1 heterocycles. The topological polar surface area (TPSA) is 82.1 Å². The van der Waals surface area contributed by atoms with Crippen LogP contribution in [0, 0.1) is 0 Å². The summed E-state index contributed by atoms with van der Waals surface area (Å²) in [6, 6.07) is 9.84. The fraction of sp³-hybridized carbons (Fsp3) is 0.222. The monoisotopic (exact) mass is 328 g/mol. The van der Waals surface area contributed by atoms with Gasteiger partial charge >= 0.3 is 11.9 Å². The van der Waals surface area contributed by atoms with Gasteiger partial charge in [0.1, 0.15) is 17.2 Å². The number of carbonyl (C=O) groups is 2. The van der Waals surface area contributed by atoms with Crippen LogP contribution in [-0.2, 0) is 4.79 Å². The Bertz CT molecular complexity index is 794. The second-order valence-electron chi connectivity index (χ2n) is 5.40. The van der Waals surface area contributed by atoms with E-state index in [2.05, 4.69) is 0 Å². The zero-order valence-electron chi connectivity index (χ0n) is 13.2. The lowest BCUT2D eigenvalue weighted by atomic mass is 9.85. The van der Waals surface area contributed by atoms with Gasteiger partial charge < -0.3 is 19.3 Å². The average Bonchev–Trinajstić information content (AvgIpc) is 2.59. The summed E-state index contributed by atoms with van der Waals surface area (Å²) in [6.45, 7) is 0. The van der Waals surface area contributed by atoms with Crippen molar-refractivity contribution in [3.8, 4) is 17.2 Å². The molecule has 3 rings (SSSR count). The third-order valence-electron chi connectivity index (χ3n) is 4.04. The zero-order valence-corrected chi connectivity index (χ0v) is 13.2. The van der Waals surface area contributed by atoms with Gasteiger partial charge in [-0.2, -0.15) is 0 Å². The van der Waals surface area contributed by atoms with E-state index in [1.807, 2.05) is 0 Å². The molecule has 1 unspecified atom stereocenters. The van der Waals surface area contributed by atoms with Crippen molar-refractivity contribution in [3.05, 3.63) is 53.1 Å². The van der Waals surface area contributed by atoms with Gasteiger partial charge in [-0.05, 0) is 17.7 Å². The number of carboxylic acids is 1. The van der Waals surface area contributed by atoms with Crippen molar-refractivity contribution in [1.82, 2.24) is 0 Å². The third kappa shape index (κ3) is 2.78. The summed E-state index contributed by atoms with van der Waals surface area (Å²) in [7, 11) is 3.06. The Morgan fingerprint density at radius 1 is 1.17 bits per heavy atom. The molecular weight excluding hydrogens is 312 g/mol. The van der Waals surface area contributed by atoms with E-state index in [0.29, 0.717) is 17.2 Å². The molecule has 24 heavy (non-hydrogen) atoms. The summed E-state index contributed by atoms with van der Waals surface area (Å²) in [5, 5.41) is 9.02. The van der Waals surface area contributed by atoms with Crippen LogP contribution in [0.15, 0.2) is 36.4 Å². The fourth-order valence-corrected chi connectivity index (χ4v) is 2.87. The van der Waals surface area contributed by atoms with Crippen molar-refractivity contribution in [2.75, 3.05) is 14.2 Å². The minimum Gasteiger partial charge on any atom is -0.496 e. The van der Waals surface area contributed by atoms with Crippen molar-refractivity contribution < 1.29 is 28.9 Å². The highest BCUT2D eigenvalue weighted by molar-refractivity contribution is 5.87. The molecular formula is C18H16O6. The van der Waals surface area contributed by atoms with Gasteiger partial charge in [-0.1, -0.05) is 12.1 Å². The van der Waals surface area contributed by atoms with E-state index in [0.717, 1.165) is 11.1 Å². The Labute approximate surface area is 138 Å². The number of carboxylic acid groups (broad SMARTS) is 1. The first-order valence-electron chi connectivity index (χ1n) is 7.33. The first-order chi connectivity index (χ1) is 11.5. The van der Waals surface area contributed by atoms with Crippen molar-refractivity contribution in [2.24, 2.45) is 0 Å². The number of carbonyl (C=O) groups excluding carboxylic acids is 1. The molecule has 2 aromatic rings. The van der Waals surface area contributed by atoms with E-state index < -0.39 is 5.97 Å². The predicted molar refractivity (Wildman–Crippen MR) is 85.0 cm³/mol. The molecule has 0 saturated heterocycles. The van der Waals surface area contributed by atoms with Gasteiger partial charge in [-0.25, -0.2) is 4.79 Å². The molecule has 0 aromatic heterocycles. The molecule has 6 heteroatoms. The molecule has 1 atom stereocenters. The van der Waals surface area contributed by atoms with Crippen molar-refractivity contribution in [1.29, 1.82) is 0 Å². The van der Waals surface area contributed by atoms with Crippen molar-refractivity contribution in [2.45, 2.75) is 12.3 Å². The molecule has 1 aliphatic rings. The van der Waals surface area contributed by atoms with E-state index in [1.54, 1.807) is 24.3 Å². The fourth-order valence-electron chi connectivity index (χ4n) is 2.87. The summed E-state index contributed by atoms with van der Waals surface area (Å²) < 4.78 is 16.0. The number of methoxy groups -OCH3 is 2. The lowest BCUT2D eigenvalue weighted by Gasteiger charge is -2.27. The van der Waals surface area contributed by atoms with Crippen LogP contribution in [0.3, 0.4) is 0 Å². The van der Waals surface area contributed by atoms with Crippen LogP contribution in [0.5, 0.6) is 17.2 Å². The molecule has 0 aliphatic carbocycles. The third-order valence-corrected chi connectivity index (χ3v) is 4.04. The molecule has 6 nitrogen and oxygen atoms in total. The maximum atomic E-state index is 12.0. The Balaban J connectivity index is 2.10. The van der Waals surface area contributed by atoms with Crippen LogP contribution >= 0.6 is 0 Å². The lowest BCUT2D eigenvalue weighted by Crippen LogP contribution is -2.21. The Kier molecular flexibility index (Phi) is 4.12. The smallest absolute Gasteiger partial charge is 0.335 e. The molecule has 1 aliphatic heterocycles. The number of ether oxygens (including phenoxy) is 3. The Morgan fingerprint density at radius 3 is 2.46 bits per heavy atom. The normalized spacial score (nSPS) is 16.1. The second-order valence-corrected chi connectivity index (χ2v) is 5.40. The highest BCUT2D eigenvalue weighted by Gasteiger charge is 2.32. The quantitative estimate of drug-likeness (QED) is 0.686. The first kappa shape index (κ1) is 15.9. The van der Waals surface area contributed by atoms with Crippen LogP contribution in [-0.4, -0.2) is 31.3 Å². The maximum absolute atomic E-state index is 12.0. The van der Waals surface area contributed by atoms with Gasteiger partial charge in [0.2, 0.25) is 0 Å². The second kappa shape index (κ2) is 6.23. The van der Waals surface area contributed by atoms with Gasteiger partial charge in [0.25, 0.3) is 0 Å². The minimum absolute atomic E-state index is 0.155. The van der Waals surface area contributed by atoms with Gasteiger partial charge in [0, 0.05) is 23.6 Å². The highest BCUT2D eigenvalue weighted by atomic mass is 16.5. The molecule has 0 saturated carbocycles. The summed E-state index contributed by atoms with van der Waals surface area (Å²) in [5.41, 5.74) is 1.77. The van der Waals surface area contributed by atoms with E-state index >= 15 is 0 Å². The van der Waals surface area contributed by atoms with Gasteiger partial charge in [0.15, 0.2) is 0 Å². The summed E-state index contributed by atoms with van der Waals surface area (Å²) >= 11 is 0. The summed E-state index contributed by atoms with van der Waals surface area (Å²) in [5.74, 6) is -0.137. The van der Waals surface area contributed by atoms with E-state index in [-0.39, 0.29) is 23.9 Å². The van der Waals surface area contributed by atoms with Gasteiger partial charge in [-0.15, -0.1) is 0 Å². The number of rotatable bonds is 4. The summed E-state index contributed by atoms with van der Waals surface area (Å²) in [4.78, 5) is 23.0. The largest absolute Gasteiger partial charge is 0.496 e. The van der Waals surface area contributed by atoms with E-state index in [1.165, 1.54) is 26.4 Å². The molecule has 1 N–H and O–H groups in total. The zero-order chi connectivity index (χ0) is 17.3.